The Bertz CT molecular complexity index is 1200. The Kier molecular flexibility index (Phi) is 4.76. The zero-order valence-electron chi connectivity index (χ0n) is 20.5. The molecule has 3 saturated carbocycles. The summed E-state index contributed by atoms with van der Waals surface area (Å²) in [5.41, 5.74) is -7.65. The summed E-state index contributed by atoms with van der Waals surface area (Å²) in [5, 5.41) is 23.7. The van der Waals surface area contributed by atoms with Gasteiger partial charge >= 0.3 is 5.97 Å². The van der Waals surface area contributed by atoms with Gasteiger partial charge in [0.2, 0.25) is 0 Å². The number of carbonyl (C=O) groups excluding carboxylic acids is 1. The number of hydrogen-bond acceptors (Lipinski definition) is 6. The summed E-state index contributed by atoms with van der Waals surface area (Å²) in [6.45, 7) is 5.67. The predicted molar refractivity (Wildman–Crippen MR) is 123 cm³/mol. The fraction of sp³-hybridized carbons (Fsp3) is 0.630. The molecule has 4 aliphatic carbocycles. The molecule has 1 aliphatic heterocycles. The summed E-state index contributed by atoms with van der Waals surface area (Å²) >= 11 is 0. The Hall–Kier alpha value is -2.36. The van der Waals surface area contributed by atoms with Crippen molar-refractivity contribution in [3.05, 3.63) is 48.0 Å². The van der Waals surface area contributed by atoms with Crippen molar-refractivity contribution in [1.82, 2.24) is 5.06 Å². The van der Waals surface area contributed by atoms with E-state index in [-0.39, 0.29) is 31.5 Å². The van der Waals surface area contributed by atoms with Gasteiger partial charge in [0.25, 0.3) is 0 Å². The fourth-order valence-corrected chi connectivity index (χ4v) is 8.81. The van der Waals surface area contributed by atoms with Crippen LogP contribution in [0.1, 0.15) is 45.8 Å². The first-order chi connectivity index (χ1) is 16.8. The number of carboxylic acids is 1. The lowest BCUT2D eigenvalue weighted by molar-refractivity contribution is -0.294. The van der Waals surface area contributed by atoms with Gasteiger partial charge in [0.1, 0.15) is 11.9 Å². The average molecular weight is 504 g/mol. The molecule has 4 fully saturated rings. The highest BCUT2D eigenvalue weighted by atomic mass is 19.1. The maximum Gasteiger partial charge on any atom is 0.339 e. The van der Waals surface area contributed by atoms with Gasteiger partial charge in [-0.2, -0.15) is 5.06 Å². The second-order valence-corrected chi connectivity index (χ2v) is 12.0. The number of fused-ring (bicyclic) bond motifs is 7. The molecule has 1 aromatic rings. The van der Waals surface area contributed by atoms with E-state index in [4.69, 9.17) is 9.25 Å². The lowest BCUT2D eigenvalue weighted by Gasteiger charge is -2.66. The number of nitrogens with zero attached hydrogens (tertiary/aromatic N) is 1. The highest BCUT2D eigenvalue weighted by molar-refractivity contribution is 6.01. The highest BCUT2D eigenvalue weighted by Gasteiger charge is 2.83. The Morgan fingerprint density at radius 2 is 2.03 bits per heavy atom. The maximum absolute atomic E-state index is 17.5. The van der Waals surface area contributed by atoms with Gasteiger partial charge in [-0.3, -0.25) is 9.63 Å². The molecule has 1 aromatic heterocycles. The van der Waals surface area contributed by atoms with E-state index in [0.29, 0.717) is 12.2 Å². The summed E-state index contributed by atoms with van der Waals surface area (Å²) in [6, 6.07) is 3.51. The van der Waals surface area contributed by atoms with Gasteiger partial charge in [0.15, 0.2) is 17.1 Å². The van der Waals surface area contributed by atoms with Crippen molar-refractivity contribution in [3.63, 3.8) is 0 Å². The number of ketones is 1. The fourth-order valence-electron chi connectivity index (χ4n) is 8.81. The molecule has 1 saturated heterocycles. The SMILES string of the molecule is C[C@]12C[C@H](O)[C@@]3(F)[C@@H](C[C@H](F)C4=CC(=O)C=C[C@@]43C)[C@]1(C)C[C@H]1CN(Cc3ccco3)O[C@]12C(=O)O. The van der Waals surface area contributed by atoms with Gasteiger partial charge in [-0.05, 0) is 61.5 Å². The van der Waals surface area contributed by atoms with Crippen LogP contribution in [0.5, 0.6) is 0 Å². The van der Waals surface area contributed by atoms with Crippen LogP contribution in [-0.2, 0) is 21.0 Å². The Morgan fingerprint density at radius 3 is 2.69 bits per heavy atom. The van der Waals surface area contributed by atoms with E-state index in [1.165, 1.54) is 18.4 Å². The molecule has 2 N–H and O–H groups in total. The largest absolute Gasteiger partial charge is 0.479 e. The second-order valence-electron chi connectivity index (χ2n) is 12.0. The quantitative estimate of drug-likeness (QED) is 0.648. The second kappa shape index (κ2) is 7.14. The minimum absolute atomic E-state index is 0.0482. The van der Waals surface area contributed by atoms with Gasteiger partial charge in [-0.1, -0.05) is 19.9 Å². The first-order valence-electron chi connectivity index (χ1n) is 12.5. The van der Waals surface area contributed by atoms with Crippen LogP contribution in [-0.4, -0.2) is 57.1 Å². The van der Waals surface area contributed by atoms with E-state index in [1.807, 2.05) is 6.92 Å². The molecular weight excluding hydrogens is 472 g/mol. The molecule has 0 amide bonds. The molecule has 0 radical (unpaired) electrons. The van der Waals surface area contributed by atoms with Crippen molar-refractivity contribution in [2.75, 3.05) is 6.54 Å². The van der Waals surface area contributed by atoms with Crippen molar-refractivity contribution >= 4 is 11.8 Å². The molecule has 6 rings (SSSR count). The van der Waals surface area contributed by atoms with Crippen LogP contribution in [0.4, 0.5) is 8.78 Å². The molecule has 0 aromatic carbocycles. The number of furan rings is 1. The number of aliphatic hydroxyl groups is 1. The molecule has 194 valence electrons. The van der Waals surface area contributed by atoms with Gasteiger partial charge in [-0.15, -0.1) is 0 Å². The number of rotatable bonds is 3. The van der Waals surface area contributed by atoms with Crippen LogP contribution in [0.2, 0.25) is 0 Å². The third kappa shape index (κ3) is 2.52. The van der Waals surface area contributed by atoms with Gasteiger partial charge in [-0.25, -0.2) is 13.6 Å². The van der Waals surface area contributed by atoms with Gasteiger partial charge in [0, 0.05) is 29.2 Å². The standard InChI is InChI=1S/C27H31F2NO6/c1-23-7-6-16(31)9-18(23)19(28)10-20-24(2)11-15-13-30(14-17-5-4-8-35-17)36-27(15,22(33)34)25(24,3)12-21(32)26(20,23)29/h4-9,15,19-21,32H,10-14H2,1-3H3,(H,33,34)/t15-,19-,20-,21-,23-,24-,25-,26-,27-/m0/s1. The van der Waals surface area contributed by atoms with Crippen LogP contribution >= 0.6 is 0 Å². The van der Waals surface area contributed by atoms with E-state index in [1.54, 1.807) is 31.0 Å². The van der Waals surface area contributed by atoms with E-state index in [2.05, 4.69) is 0 Å². The predicted octanol–water partition coefficient (Wildman–Crippen LogP) is 3.79. The Morgan fingerprint density at radius 1 is 1.28 bits per heavy atom. The number of carboxylic acid groups (broad SMARTS) is 1. The van der Waals surface area contributed by atoms with Gasteiger partial charge in [0.05, 0.1) is 18.9 Å². The number of hydrogen-bond donors (Lipinski definition) is 2. The van der Waals surface area contributed by atoms with Crippen LogP contribution in [0.25, 0.3) is 0 Å². The zero-order valence-corrected chi connectivity index (χ0v) is 20.5. The summed E-state index contributed by atoms with van der Waals surface area (Å²) in [5.74, 6) is -2.44. The molecule has 0 spiro atoms. The normalized spacial score (nSPS) is 49.7. The third-order valence-electron chi connectivity index (χ3n) is 10.7. The summed E-state index contributed by atoms with van der Waals surface area (Å²) in [7, 11) is 0. The lowest BCUT2D eigenvalue weighted by Crippen LogP contribution is -2.73. The summed E-state index contributed by atoms with van der Waals surface area (Å²) < 4.78 is 38.6. The van der Waals surface area contributed by atoms with E-state index in [9.17, 15) is 19.8 Å². The van der Waals surface area contributed by atoms with Crippen molar-refractivity contribution in [2.45, 2.75) is 70.1 Å². The maximum atomic E-state index is 17.5. The third-order valence-corrected chi connectivity index (χ3v) is 10.7. The number of halogens is 2. The van der Waals surface area contributed by atoms with E-state index in [0.717, 1.165) is 6.08 Å². The molecule has 36 heavy (non-hydrogen) atoms. The van der Waals surface area contributed by atoms with Crippen molar-refractivity contribution in [1.29, 1.82) is 0 Å². The molecule has 5 aliphatic rings. The molecule has 7 nitrogen and oxygen atoms in total. The summed E-state index contributed by atoms with van der Waals surface area (Å²) in [6.07, 6.45) is 2.04. The number of hydroxylamine groups is 2. The molecule has 9 heteroatoms. The van der Waals surface area contributed by atoms with Crippen LogP contribution < -0.4 is 0 Å². The number of carbonyl (C=O) groups is 2. The van der Waals surface area contributed by atoms with E-state index >= 15 is 8.78 Å². The number of allylic oxidation sites excluding steroid dienone is 4. The average Bonchev–Trinajstić information content (AvgIpc) is 3.48. The number of aliphatic carboxylic acids is 1. The topological polar surface area (TPSA) is 100 Å². The van der Waals surface area contributed by atoms with Gasteiger partial charge < -0.3 is 14.6 Å². The smallest absolute Gasteiger partial charge is 0.339 e. The Balaban J connectivity index is 1.45. The number of aliphatic hydroxyl groups excluding tert-OH is 1. The molecule has 0 unspecified atom stereocenters. The van der Waals surface area contributed by atoms with Crippen LogP contribution in [0.15, 0.2) is 46.6 Å². The minimum Gasteiger partial charge on any atom is -0.479 e. The minimum atomic E-state index is -2.28. The zero-order chi connectivity index (χ0) is 25.9. The lowest BCUT2D eigenvalue weighted by atomic mass is 9.40. The Labute approximate surface area is 207 Å². The summed E-state index contributed by atoms with van der Waals surface area (Å²) in [4.78, 5) is 31.3. The van der Waals surface area contributed by atoms with Crippen molar-refractivity contribution < 1.29 is 37.8 Å². The van der Waals surface area contributed by atoms with E-state index < -0.39 is 63.4 Å². The van der Waals surface area contributed by atoms with Crippen LogP contribution in [0, 0.1) is 28.1 Å². The highest BCUT2D eigenvalue weighted by Crippen LogP contribution is 2.77. The van der Waals surface area contributed by atoms with Crippen molar-refractivity contribution in [2.24, 2.45) is 28.1 Å². The molecular formula is C27H31F2NO6. The molecule has 0 bridgehead atoms. The number of alkyl halides is 2. The van der Waals surface area contributed by atoms with Crippen molar-refractivity contribution in [3.8, 4) is 0 Å². The monoisotopic (exact) mass is 503 g/mol. The molecule has 9 atom stereocenters. The first kappa shape index (κ1) is 24.0. The first-order valence-corrected chi connectivity index (χ1v) is 12.5. The van der Waals surface area contributed by atoms with Crippen LogP contribution in [0.3, 0.4) is 0 Å². The molecule has 2 heterocycles.